The molecule has 0 aliphatic carbocycles. The average molecular weight is 452 g/mol. The third kappa shape index (κ3) is 3.86. The topological polar surface area (TPSA) is 40.6 Å². The van der Waals surface area contributed by atoms with Gasteiger partial charge in [0.25, 0.3) is 11.8 Å². The fourth-order valence-electron chi connectivity index (χ4n) is 4.91. The summed E-state index contributed by atoms with van der Waals surface area (Å²) in [7, 11) is 1.78. The van der Waals surface area contributed by atoms with Crippen LogP contribution < -0.4 is 0 Å². The zero-order chi connectivity index (χ0) is 23.3. The molecule has 0 bridgehead atoms. The maximum absolute atomic E-state index is 13.2. The number of nitrogens with zero attached hydrogens (tertiary/aromatic N) is 2. The van der Waals surface area contributed by atoms with Crippen LogP contribution in [0.25, 0.3) is 21.9 Å². The van der Waals surface area contributed by atoms with Crippen molar-refractivity contribution in [3.05, 3.63) is 71.3 Å². The summed E-state index contributed by atoms with van der Waals surface area (Å²) in [5, 5.41) is 1.79. The van der Waals surface area contributed by atoms with Crippen molar-refractivity contribution in [2.45, 2.75) is 25.6 Å². The van der Waals surface area contributed by atoms with Crippen molar-refractivity contribution in [1.29, 1.82) is 0 Å². The van der Waals surface area contributed by atoms with Gasteiger partial charge in [-0.1, -0.05) is 30.3 Å². The molecule has 1 atom stereocenters. The van der Waals surface area contributed by atoms with Crippen LogP contribution in [0.2, 0.25) is 0 Å². The molecular weight excluding hydrogens is 429 g/mol. The van der Waals surface area contributed by atoms with Gasteiger partial charge in [0.05, 0.1) is 5.92 Å². The lowest BCUT2D eigenvalue weighted by atomic mass is 9.94. The number of likely N-dealkylation sites (tertiary alicyclic amines) is 1. The minimum absolute atomic E-state index is 0.0168. The Kier molecular flexibility index (Phi) is 5.15. The third-order valence-corrected chi connectivity index (χ3v) is 6.70. The van der Waals surface area contributed by atoms with E-state index in [4.69, 9.17) is 0 Å². The van der Waals surface area contributed by atoms with Gasteiger partial charge in [-0.2, -0.15) is 13.2 Å². The number of amides is 2. The van der Waals surface area contributed by atoms with Gasteiger partial charge in [0.1, 0.15) is 0 Å². The Morgan fingerprint density at radius 1 is 1.03 bits per heavy atom. The van der Waals surface area contributed by atoms with Crippen LogP contribution >= 0.6 is 0 Å². The van der Waals surface area contributed by atoms with Gasteiger partial charge in [-0.25, -0.2) is 0 Å². The molecule has 2 aliphatic rings. The van der Waals surface area contributed by atoms with Crippen molar-refractivity contribution >= 4 is 22.6 Å². The standard InChI is InChI=1S/C26H23F3N2O2/c1-30-14-19-13-17(7-10-23(19)25(30)33)21-6-2-4-16-12-18(8-9-22(16)21)24(32)31-11-3-5-20(15-31)26(27,28)29/h2,4,6-10,12-13,20H,3,5,11,14-15H2,1H3/t20-/m0/s1. The first-order valence-electron chi connectivity index (χ1n) is 11.0. The molecule has 0 N–H and O–H groups in total. The van der Waals surface area contributed by atoms with Crippen molar-refractivity contribution < 1.29 is 22.8 Å². The summed E-state index contributed by atoms with van der Waals surface area (Å²) in [6.45, 7) is 0.620. The molecule has 0 saturated carbocycles. The first kappa shape index (κ1) is 21.5. The minimum atomic E-state index is -4.29. The lowest BCUT2D eigenvalue weighted by Crippen LogP contribution is -2.44. The van der Waals surface area contributed by atoms with Crippen molar-refractivity contribution in [3.63, 3.8) is 0 Å². The molecule has 2 aliphatic heterocycles. The molecule has 170 valence electrons. The van der Waals surface area contributed by atoms with E-state index in [2.05, 4.69) is 0 Å². The predicted molar refractivity (Wildman–Crippen MR) is 120 cm³/mol. The highest BCUT2D eigenvalue weighted by Crippen LogP contribution is 2.35. The van der Waals surface area contributed by atoms with Crippen LogP contribution in [0, 0.1) is 5.92 Å². The normalized spacial score (nSPS) is 18.7. The number of rotatable bonds is 2. The number of carbonyl (C=O) groups is 2. The highest BCUT2D eigenvalue weighted by molar-refractivity contribution is 6.04. The van der Waals surface area contributed by atoms with Crippen LogP contribution in [0.5, 0.6) is 0 Å². The second kappa shape index (κ2) is 7.90. The van der Waals surface area contributed by atoms with Crippen molar-refractivity contribution in [3.8, 4) is 11.1 Å². The zero-order valence-electron chi connectivity index (χ0n) is 18.2. The van der Waals surface area contributed by atoms with E-state index in [0.717, 1.165) is 27.5 Å². The number of fused-ring (bicyclic) bond motifs is 2. The van der Waals surface area contributed by atoms with Gasteiger partial charge in [-0.15, -0.1) is 0 Å². The van der Waals surface area contributed by atoms with E-state index in [9.17, 15) is 22.8 Å². The Balaban J connectivity index is 1.46. The second-order valence-corrected chi connectivity index (χ2v) is 8.91. The highest BCUT2D eigenvalue weighted by Gasteiger charge is 2.42. The van der Waals surface area contributed by atoms with E-state index in [1.54, 1.807) is 24.1 Å². The number of hydrogen-bond donors (Lipinski definition) is 0. The molecule has 2 heterocycles. The molecule has 4 nitrogen and oxygen atoms in total. The quantitative estimate of drug-likeness (QED) is 0.515. The first-order valence-corrected chi connectivity index (χ1v) is 11.0. The lowest BCUT2D eigenvalue weighted by Gasteiger charge is -2.33. The summed E-state index contributed by atoms with van der Waals surface area (Å²) >= 11 is 0. The number of hydrogen-bond acceptors (Lipinski definition) is 2. The molecule has 33 heavy (non-hydrogen) atoms. The summed E-state index contributed by atoms with van der Waals surface area (Å²) in [4.78, 5) is 28.2. The monoisotopic (exact) mass is 452 g/mol. The molecule has 0 radical (unpaired) electrons. The number of piperidine rings is 1. The Labute approximate surface area is 189 Å². The summed E-state index contributed by atoms with van der Waals surface area (Å²) < 4.78 is 39.5. The van der Waals surface area contributed by atoms with E-state index in [1.165, 1.54) is 4.90 Å². The maximum Gasteiger partial charge on any atom is 0.393 e. The Bertz CT molecular complexity index is 1270. The Morgan fingerprint density at radius 2 is 1.85 bits per heavy atom. The highest BCUT2D eigenvalue weighted by atomic mass is 19.4. The van der Waals surface area contributed by atoms with Gasteiger partial charge in [0.2, 0.25) is 0 Å². The largest absolute Gasteiger partial charge is 0.393 e. The minimum Gasteiger partial charge on any atom is -0.338 e. The zero-order valence-corrected chi connectivity index (χ0v) is 18.2. The summed E-state index contributed by atoms with van der Waals surface area (Å²) in [6, 6.07) is 16.9. The fraction of sp³-hybridized carbons (Fsp3) is 0.308. The number of halogens is 3. The molecule has 3 aromatic carbocycles. The van der Waals surface area contributed by atoms with Gasteiger partial charge < -0.3 is 9.80 Å². The Hall–Kier alpha value is -3.35. The van der Waals surface area contributed by atoms with Crippen LogP contribution in [0.4, 0.5) is 13.2 Å². The van der Waals surface area contributed by atoms with E-state index in [-0.39, 0.29) is 24.8 Å². The lowest BCUT2D eigenvalue weighted by molar-refractivity contribution is -0.184. The van der Waals surface area contributed by atoms with E-state index in [1.807, 2.05) is 42.5 Å². The van der Waals surface area contributed by atoms with Gasteiger partial charge in [0, 0.05) is 37.8 Å². The summed E-state index contributed by atoms with van der Waals surface area (Å²) in [5.41, 5.74) is 4.04. The van der Waals surface area contributed by atoms with Crippen LogP contribution in [-0.4, -0.2) is 47.9 Å². The maximum atomic E-state index is 13.2. The van der Waals surface area contributed by atoms with E-state index in [0.29, 0.717) is 30.6 Å². The van der Waals surface area contributed by atoms with Crippen molar-refractivity contribution in [2.75, 3.05) is 20.1 Å². The molecule has 0 spiro atoms. The van der Waals surface area contributed by atoms with Crippen molar-refractivity contribution in [1.82, 2.24) is 9.80 Å². The molecule has 2 amide bonds. The summed E-state index contributed by atoms with van der Waals surface area (Å²) in [6.07, 6.45) is -3.87. The van der Waals surface area contributed by atoms with Gasteiger partial charge in [-0.05, 0) is 64.6 Å². The molecular formula is C26H23F3N2O2. The fourth-order valence-corrected chi connectivity index (χ4v) is 4.91. The Morgan fingerprint density at radius 3 is 2.64 bits per heavy atom. The van der Waals surface area contributed by atoms with Gasteiger partial charge in [0.15, 0.2) is 0 Å². The van der Waals surface area contributed by atoms with Crippen LogP contribution in [-0.2, 0) is 6.54 Å². The SMILES string of the molecule is CN1Cc2cc(-c3cccc4cc(C(=O)N5CCC[C@H](C(F)(F)F)C5)ccc34)ccc2C1=O. The van der Waals surface area contributed by atoms with Crippen molar-refractivity contribution in [2.24, 2.45) is 5.92 Å². The molecule has 7 heteroatoms. The van der Waals surface area contributed by atoms with Crippen LogP contribution in [0.1, 0.15) is 39.1 Å². The molecule has 3 aromatic rings. The second-order valence-electron chi connectivity index (χ2n) is 8.91. The molecule has 0 unspecified atom stereocenters. The van der Waals surface area contributed by atoms with E-state index >= 15 is 0 Å². The van der Waals surface area contributed by atoms with E-state index < -0.39 is 12.1 Å². The smallest absolute Gasteiger partial charge is 0.338 e. The van der Waals surface area contributed by atoms with Gasteiger partial charge in [-0.3, -0.25) is 9.59 Å². The van der Waals surface area contributed by atoms with Gasteiger partial charge >= 0.3 is 6.18 Å². The molecule has 0 aromatic heterocycles. The molecule has 1 saturated heterocycles. The number of benzene rings is 3. The first-order chi connectivity index (χ1) is 15.7. The number of carbonyl (C=O) groups excluding carboxylic acids is 2. The number of alkyl halides is 3. The third-order valence-electron chi connectivity index (χ3n) is 6.70. The van der Waals surface area contributed by atoms with Crippen LogP contribution in [0.15, 0.2) is 54.6 Å². The van der Waals surface area contributed by atoms with Crippen LogP contribution in [0.3, 0.4) is 0 Å². The predicted octanol–water partition coefficient (Wildman–Crippen LogP) is 5.51. The summed E-state index contributed by atoms with van der Waals surface area (Å²) in [5.74, 6) is -1.81. The average Bonchev–Trinajstić information content (AvgIpc) is 3.10. The molecule has 5 rings (SSSR count). The molecule has 1 fully saturated rings.